The highest BCUT2D eigenvalue weighted by Crippen LogP contribution is 2.17. The molecule has 0 unspecified atom stereocenters. The van der Waals surface area contributed by atoms with E-state index in [4.69, 9.17) is 0 Å². The van der Waals surface area contributed by atoms with Crippen molar-refractivity contribution in [2.75, 3.05) is 10.0 Å². The molecule has 0 fully saturated rings. The van der Waals surface area contributed by atoms with Gasteiger partial charge in [0.25, 0.3) is 15.9 Å². The van der Waals surface area contributed by atoms with E-state index in [1.165, 1.54) is 24.3 Å². The van der Waals surface area contributed by atoms with E-state index in [1.54, 1.807) is 54.7 Å². The van der Waals surface area contributed by atoms with E-state index in [0.717, 1.165) is 0 Å². The predicted molar refractivity (Wildman–Crippen MR) is 95.9 cm³/mol. The minimum absolute atomic E-state index is 0.173. The number of carbonyl (C=O) groups excluding carboxylic acids is 1. The van der Waals surface area contributed by atoms with E-state index in [9.17, 15) is 13.2 Å². The number of benzene rings is 2. The first-order valence-corrected chi connectivity index (χ1v) is 8.93. The Bertz CT molecular complexity index is 957. The summed E-state index contributed by atoms with van der Waals surface area (Å²) in [4.78, 5) is 16.3. The topological polar surface area (TPSA) is 88.2 Å². The maximum atomic E-state index is 12.3. The number of anilines is 2. The van der Waals surface area contributed by atoms with Crippen LogP contribution in [0.1, 0.15) is 10.4 Å². The first-order valence-electron chi connectivity index (χ1n) is 7.45. The van der Waals surface area contributed by atoms with Crippen LogP contribution in [0, 0.1) is 0 Å². The SMILES string of the molecule is O=C(Nc1ccccn1)c1ccc(NS(=O)(=O)c2ccccc2)cc1. The smallest absolute Gasteiger partial charge is 0.261 e. The van der Waals surface area contributed by atoms with E-state index in [2.05, 4.69) is 15.0 Å². The standard InChI is InChI=1S/C18H15N3O3S/c22-18(20-17-8-4-5-13-19-17)14-9-11-15(12-10-14)21-25(23,24)16-6-2-1-3-7-16/h1-13,21H,(H,19,20,22). The van der Waals surface area contributed by atoms with Crippen molar-refractivity contribution in [1.82, 2.24) is 4.98 Å². The van der Waals surface area contributed by atoms with Crippen LogP contribution in [0.3, 0.4) is 0 Å². The molecule has 0 bridgehead atoms. The number of hydrogen-bond donors (Lipinski definition) is 2. The highest BCUT2D eigenvalue weighted by atomic mass is 32.2. The second-order valence-electron chi connectivity index (χ2n) is 5.17. The molecule has 0 saturated carbocycles. The Labute approximate surface area is 145 Å². The molecule has 3 aromatic rings. The van der Waals surface area contributed by atoms with Gasteiger partial charge in [0.05, 0.1) is 4.90 Å². The van der Waals surface area contributed by atoms with Crippen LogP contribution in [-0.2, 0) is 10.0 Å². The van der Waals surface area contributed by atoms with Crippen molar-refractivity contribution >= 4 is 27.4 Å². The average molecular weight is 353 g/mol. The molecule has 2 N–H and O–H groups in total. The summed E-state index contributed by atoms with van der Waals surface area (Å²) in [5.74, 6) is 0.123. The number of hydrogen-bond acceptors (Lipinski definition) is 4. The summed E-state index contributed by atoms with van der Waals surface area (Å²) in [5.41, 5.74) is 0.770. The molecule has 1 amide bonds. The maximum Gasteiger partial charge on any atom is 0.261 e. The van der Waals surface area contributed by atoms with E-state index in [1.807, 2.05) is 0 Å². The van der Waals surface area contributed by atoms with Gasteiger partial charge < -0.3 is 5.32 Å². The fourth-order valence-electron chi connectivity index (χ4n) is 2.13. The Hall–Kier alpha value is -3.19. The number of nitrogens with zero attached hydrogens (tertiary/aromatic N) is 1. The molecular formula is C18H15N3O3S. The highest BCUT2D eigenvalue weighted by molar-refractivity contribution is 7.92. The van der Waals surface area contributed by atoms with Crippen molar-refractivity contribution in [3.05, 3.63) is 84.6 Å². The number of pyridine rings is 1. The molecule has 25 heavy (non-hydrogen) atoms. The summed E-state index contributed by atoms with van der Waals surface area (Å²) in [6.45, 7) is 0. The van der Waals surface area contributed by atoms with Crippen LogP contribution in [0.25, 0.3) is 0 Å². The van der Waals surface area contributed by atoms with Crippen molar-refractivity contribution in [2.45, 2.75) is 4.90 Å². The van der Waals surface area contributed by atoms with Crippen LogP contribution in [0.5, 0.6) is 0 Å². The van der Waals surface area contributed by atoms with Crippen LogP contribution < -0.4 is 10.0 Å². The minimum atomic E-state index is -3.66. The van der Waals surface area contributed by atoms with E-state index >= 15 is 0 Å². The Morgan fingerprint density at radius 2 is 1.52 bits per heavy atom. The highest BCUT2D eigenvalue weighted by Gasteiger charge is 2.14. The van der Waals surface area contributed by atoms with Gasteiger partial charge in [0.1, 0.15) is 5.82 Å². The van der Waals surface area contributed by atoms with Crippen LogP contribution in [0.2, 0.25) is 0 Å². The normalized spacial score (nSPS) is 10.9. The molecule has 0 aliphatic heterocycles. The van der Waals surface area contributed by atoms with Gasteiger partial charge in [-0.05, 0) is 48.5 Å². The zero-order valence-electron chi connectivity index (χ0n) is 13.1. The molecule has 7 heteroatoms. The Morgan fingerprint density at radius 1 is 0.840 bits per heavy atom. The van der Waals surface area contributed by atoms with Crippen LogP contribution in [0.4, 0.5) is 11.5 Å². The zero-order valence-corrected chi connectivity index (χ0v) is 13.9. The van der Waals surface area contributed by atoms with Gasteiger partial charge in [-0.25, -0.2) is 13.4 Å². The first kappa shape index (κ1) is 16.7. The first-order chi connectivity index (χ1) is 12.0. The second kappa shape index (κ2) is 7.14. The number of amides is 1. The van der Waals surface area contributed by atoms with E-state index in [-0.39, 0.29) is 10.8 Å². The van der Waals surface area contributed by atoms with Crippen molar-refractivity contribution in [2.24, 2.45) is 0 Å². The van der Waals surface area contributed by atoms with Crippen LogP contribution >= 0.6 is 0 Å². The van der Waals surface area contributed by atoms with Crippen molar-refractivity contribution < 1.29 is 13.2 Å². The van der Waals surface area contributed by atoms with Gasteiger partial charge in [-0.2, -0.15) is 0 Å². The number of sulfonamides is 1. The minimum Gasteiger partial charge on any atom is -0.307 e. The maximum absolute atomic E-state index is 12.3. The van der Waals surface area contributed by atoms with Crippen molar-refractivity contribution in [1.29, 1.82) is 0 Å². The van der Waals surface area contributed by atoms with Gasteiger partial charge in [0.15, 0.2) is 0 Å². The van der Waals surface area contributed by atoms with Gasteiger partial charge in [-0.1, -0.05) is 24.3 Å². The lowest BCUT2D eigenvalue weighted by Crippen LogP contribution is -2.14. The molecule has 1 aromatic heterocycles. The Balaban J connectivity index is 1.71. The summed E-state index contributed by atoms with van der Waals surface area (Å²) in [6, 6.07) is 19.4. The molecule has 3 rings (SSSR count). The van der Waals surface area contributed by atoms with Crippen molar-refractivity contribution in [3.8, 4) is 0 Å². The Morgan fingerprint density at radius 3 is 2.16 bits per heavy atom. The number of aromatic nitrogens is 1. The third kappa shape index (κ3) is 4.21. The van der Waals surface area contributed by atoms with Gasteiger partial charge >= 0.3 is 0 Å². The molecule has 0 atom stereocenters. The fraction of sp³-hybridized carbons (Fsp3) is 0. The molecule has 0 aliphatic carbocycles. The van der Waals surface area contributed by atoms with Crippen molar-refractivity contribution in [3.63, 3.8) is 0 Å². The molecule has 0 spiro atoms. The molecule has 0 aliphatic rings. The molecule has 2 aromatic carbocycles. The quantitative estimate of drug-likeness (QED) is 0.737. The summed E-state index contributed by atoms with van der Waals surface area (Å²) in [5, 5.41) is 2.66. The summed E-state index contributed by atoms with van der Waals surface area (Å²) in [7, 11) is -3.66. The summed E-state index contributed by atoms with van der Waals surface area (Å²) >= 11 is 0. The lowest BCUT2D eigenvalue weighted by Gasteiger charge is -2.09. The number of carbonyl (C=O) groups is 1. The zero-order chi connectivity index (χ0) is 17.7. The third-order valence-electron chi connectivity index (χ3n) is 3.36. The summed E-state index contributed by atoms with van der Waals surface area (Å²) < 4.78 is 27.0. The van der Waals surface area contributed by atoms with Gasteiger partial charge in [0, 0.05) is 17.4 Å². The molecule has 0 saturated heterocycles. The largest absolute Gasteiger partial charge is 0.307 e. The monoisotopic (exact) mass is 353 g/mol. The fourth-order valence-corrected chi connectivity index (χ4v) is 3.21. The second-order valence-corrected chi connectivity index (χ2v) is 6.85. The molecule has 1 heterocycles. The lowest BCUT2D eigenvalue weighted by molar-refractivity contribution is 0.102. The summed E-state index contributed by atoms with van der Waals surface area (Å²) in [6.07, 6.45) is 1.58. The van der Waals surface area contributed by atoms with E-state index < -0.39 is 10.0 Å². The van der Waals surface area contributed by atoms with Gasteiger partial charge in [-0.15, -0.1) is 0 Å². The molecule has 126 valence electrons. The third-order valence-corrected chi connectivity index (χ3v) is 4.76. The van der Waals surface area contributed by atoms with E-state index in [0.29, 0.717) is 17.1 Å². The molecule has 0 radical (unpaired) electrons. The number of nitrogens with one attached hydrogen (secondary N) is 2. The lowest BCUT2D eigenvalue weighted by atomic mass is 10.2. The number of rotatable bonds is 5. The molecular weight excluding hydrogens is 338 g/mol. The van der Waals surface area contributed by atoms with Gasteiger partial charge in [0.2, 0.25) is 0 Å². The van der Waals surface area contributed by atoms with Crippen LogP contribution in [0.15, 0.2) is 83.9 Å². The van der Waals surface area contributed by atoms with Crippen LogP contribution in [-0.4, -0.2) is 19.3 Å². The Kier molecular flexibility index (Phi) is 4.76. The average Bonchev–Trinajstić information content (AvgIpc) is 2.63. The predicted octanol–water partition coefficient (Wildman–Crippen LogP) is 3.13. The molecule has 6 nitrogen and oxygen atoms in total. The van der Waals surface area contributed by atoms with Gasteiger partial charge in [-0.3, -0.25) is 9.52 Å².